The van der Waals surface area contributed by atoms with Crippen LogP contribution in [0, 0.1) is 11.8 Å². The number of pyridine rings is 1. The Bertz CT molecular complexity index is 1540. The maximum atomic E-state index is 12.8. The lowest BCUT2D eigenvalue weighted by atomic mass is 10.0. The highest BCUT2D eigenvalue weighted by molar-refractivity contribution is 8.01. The lowest BCUT2D eigenvalue weighted by Gasteiger charge is -2.49. The summed E-state index contributed by atoms with van der Waals surface area (Å²) in [6.45, 7) is -0.0707. The molecule has 0 aromatic carbocycles. The zero-order valence-electron chi connectivity index (χ0n) is 19.4. The smallest absolute Gasteiger partial charge is 0.352 e. The molecule has 15 heteroatoms. The number of carboxylic acids is 1. The van der Waals surface area contributed by atoms with Crippen LogP contribution in [0.25, 0.3) is 5.65 Å². The number of carbonyl (C=O) groups is 3. The summed E-state index contributed by atoms with van der Waals surface area (Å²) in [6.07, 6.45) is 4.43. The number of fused-ring (bicyclic) bond motifs is 2. The molecular weight excluding hydrogens is 550 g/mol. The van der Waals surface area contributed by atoms with Gasteiger partial charge in [-0.2, -0.15) is 0 Å². The Kier molecular flexibility index (Phi) is 7.54. The van der Waals surface area contributed by atoms with E-state index in [0.717, 1.165) is 16.9 Å². The zero-order chi connectivity index (χ0) is 26.6. The summed E-state index contributed by atoms with van der Waals surface area (Å²) in [5, 5.41) is 18.5. The second-order valence-corrected chi connectivity index (χ2v) is 10.8. The van der Waals surface area contributed by atoms with Crippen molar-refractivity contribution in [1.29, 1.82) is 0 Å². The van der Waals surface area contributed by atoms with Crippen LogP contribution in [0.3, 0.4) is 0 Å². The second-order valence-electron chi connectivity index (χ2n) is 7.84. The lowest BCUT2D eigenvalue weighted by molar-refractivity contribution is -0.150. The fourth-order valence-electron chi connectivity index (χ4n) is 3.81. The summed E-state index contributed by atoms with van der Waals surface area (Å²) in [5.74, 6) is 3.92. The number of thiazole rings is 1. The number of carbonyl (C=O) groups excluding carboxylic acids is 2. The van der Waals surface area contributed by atoms with E-state index in [1.54, 1.807) is 11.6 Å². The van der Waals surface area contributed by atoms with Gasteiger partial charge < -0.3 is 21.0 Å². The Morgan fingerprint density at radius 3 is 3.08 bits per heavy atom. The number of nitrogens with one attached hydrogen (secondary N) is 1. The van der Waals surface area contributed by atoms with Gasteiger partial charge in [0.2, 0.25) is 0 Å². The van der Waals surface area contributed by atoms with Crippen molar-refractivity contribution >= 4 is 69.6 Å². The van der Waals surface area contributed by atoms with Crippen LogP contribution >= 0.6 is 34.9 Å². The maximum absolute atomic E-state index is 12.8. The molecule has 194 valence electrons. The molecule has 5 heterocycles. The van der Waals surface area contributed by atoms with Crippen molar-refractivity contribution in [2.45, 2.75) is 16.4 Å². The third kappa shape index (κ3) is 5.32. The number of aliphatic carboxylic acids is 1. The number of nitrogens with two attached hydrogens (primary N) is 1. The molecule has 3 aromatic heterocycles. The molecule has 38 heavy (non-hydrogen) atoms. The topological polar surface area (TPSA) is 165 Å². The van der Waals surface area contributed by atoms with Gasteiger partial charge in [-0.05, 0) is 23.6 Å². The summed E-state index contributed by atoms with van der Waals surface area (Å²) in [7, 11) is 0. The molecule has 3 aromatic rings. The molecule has 0 spiro atoms. The molecule has 4 N–H and O–H groups in total. The predicted molar refractivity (Wildman–Crippen MR) is 143 cm³/mol. The van der Waals surface area contributed by atoms with Crippen LogP contribution in [0.15, 0.2) is 57.4 Å². The van der Waals surface area contributed by atoms with E-state index < -0.39 is 29.2 Å². The number of carboxylic acid groups (broad SMARTS) is 1. The third-order valence-corrected chi connectivity index (χ3v) is 8.59. The number of hydrogen-bond acceptors (Lipinski definition) is 11. The van der Waals surface area contributed by atoms with Gasteiger partial charge >= 0.3 is 5.97 Å². The first-order valence-corrected chi connectivity index (χ1v) is 13.9. The maximum Gasteiger partial charge on any atom is 0.352 e. The van der Waals surface area contributed by atoms with Crippen LogP contribution in [0.2, 0.25) is 0 Å². The van der Waals surface area contributed by atoms with E-state index in [4.69, 9.17) is 10.6 Å². The van der Waals surface area contributed by atoms with Crippen LogP contribution in [-0.4, -0.2) is 77.9 Å². The number of thioether (sulfide) groups is 2. The number of nitrogen functional groups attached to an aromatic ring is 1. The molecule has 2 aliphatic heterocycles. The molecule has 1 fully saturated rings. The Labute approximate surface area is 228 Å². The number of oxime groups is 1. The van der Waals surface area contributed by atoms with Gasteiger partial charge in [-0.1, -0.05) is 17.1 Å². The minimum absolute atomic E-state index is 0.0352. The van der Waals surface area contributed by atoms with Gasteiger partial charge in [0, 0.05) is 29.3 Å². The van der Waals surface area contributed by atoms with Gasteiger partial charge in [-0.25, -0.2) is 14.8 Å². The molecule has 0 unspecified atom stereocenters. The molecule has 2 aliphatic rings. The highest BCUT2D eigenvalue weighted by Crippen LogP contribution is 2.41. The molecule has 2 atom stereocenters. The number of β-lactam (4-membered cyclic amide) rings is 1. The highest BCUT2D eigenvalue weighted by atomic mass is 32.2. The van der Waals surface area contributed by atoms with Crippen molar-refractivity contribution in [3.05, 3.63) is 52.9 Å². The average Bonchev–Trinajstić information content (AvgIpc) is 3.56. The summed E-state index contributed by atoms with van der Waals surface area (Å²) in [6, 6.07) is 4.83. The van der Waals surface area contributed by atoms with Crippen molar-refractivity contribution in [1.82, 2.24) is 24.6 Å². The molecule has 0 radical (unpaired) electrons. The van der Waals surface area contributed by atoms with Crippen LogP contribution in [0.4, 0.5) is 5.13 Å². The molecule has 0 bridgehead atoms. The first-order chi connectivity index (χ1) is 18.4. The van der Waals surface area contributed by atoms with E-state index in [9.17, 15) is 19.5 Å². The monoisotopic (exact) mass is 569 g/mol. The van der Waals surface area contributed by atoms with Crippen molar-refractivity contribution in [2.24, 2.45) is 5.16 Å². The highest BCUT2D eigenvalue weighted by Gasteiger charge is 2.54. The predicted octanol–water partition coefficient (Wildman–Crippen LogP) is 1.26. The van der Waals surface area contributed by atoms with Gasteiger partial charge in [0.05, 0.1) is 5.03 Å². The number of rotatable bonds is 8. The van der Waals surface area contributed by atoms with Gasteiger partial charge in [-0.15, -0.1) is 34.9 Å². The lowest BCUT2D eigenvalue weighted by Crippen LogP contribution is -2.70. The summed E-state index contributed by atoms with van der Waals surface area (Å²) in [4.78, 5) is 51.6. The molecule has 0 aliphatic carbocycles. The fourth-order valence-corrected chi connectivity index (χ4v) is 6.81. The van der Waals surface area contributed by atoms with E-state index in [-0.39, 0.29) is 12.3 Å². The number of hydrogen-bond donors (Lipinski definition) is 3. The van der Waals surface area contributed by atoms with Crippen molar-refractivity contribution < 1.29 is 24.3 Å². The van der Waals surface area contributed by atoms with E-state index >= 15 is 0 Å². The minimum atomic E-state index is -1.18. The van der Waals surface area contributed by atoms with Gasteiger partial charge in [0.1, 0.15) is 34.7 Å². The van der Waals surface area contributed by atoms with Crippen LogP contribution in [-0.2, 0) is 19.2 Å². The second kappa shape index (κ2) is 11.2. The minimum Gasteiger partial charge on any atom is -0.477 e. The molecule has 1 saturated heterocycles. The normalized spacial score (nSPS) is 18.6. The number of anilines is 1. The fraction of sp³-hybridized carbons (Fsp3) is 0.217. The Hall–Kier alpha value is -4.00. The number of amides is 2. The Morgan fingerprint density at radius 2 is 2.29 bits per heavy atom. The van der Waals surface area contributed by atoms with Gasteiger partial charge in [0.15, 0.2) is 11.7 Å². The third-order valence-electron chi connectivity index (χ3n) is 5.45. The summed E-state index contributed by atoms with van der Waals surface area (Å²) in [5.41, 5.74) is 7.43. The molecule has 12 nitrogen and oxygen atoms in total. The standard InChI is InChI=1S/C23H19N7O5S3/c24-23-27-14(12-38-23)3-2-8-35-26-9-16(31)28-18-20(32)30-19(22(33)34)13(11-37-21(18)30)10-36-17-5-1-4-15-25-6-7-29(15)17/h1,4-7,9,12,18,21H,8,10-11H2,(H2,24,27)(H,28,31)(H,33,34)/t18-,21+/m1/s1. The number of imidazole rings is 1. The van der Waals surface area contributed by atoms with Crippen molar-refractivity contribution in [3.63, 3.8) is 0 Å². The number of aromatic nitrogens is 3. The van der Waals surface area contributed by atoms with Crippen LogP contribution in [0.1, 0.15) is 5.69 Å². The zero-order valence-corrected chi connectivity index (χ0v) is 21.9. The summed E-state index contributed by atoms with van der Waals surface area (Å²) >= 11 is 4.14. The van der Waals surface area contributed by atoms with E-state index in [1.807, 2.05) is 28.8 Å². The van der Waals surface area contributed by atoms with Gasteiger partial charge in [0.25, 0.3) is 11.8 Å². The Balaban J connectivity index is 1.16. The van der Waals surface area contributed by atoms with Crippen molar-refractivity contribution in [3.8, 4) is 11.8 Å². The molecule has 0 saturated carbocycles. The number of nitrogens with zero attached hydrogens (tertiary/aromatic N) is 5. The van der Waals surface area contributed by atoms with E-state index in [0.29, 0.717) is 27.9 Å². The van der Waals surface area contributed by atoms with E-state index in [1.165, 1.54) is 39.8 Å². The van der Waals surface area contributed by atoms with E-state index in [2.05, 4.69) is 32.3 Å². The molecule has 5 rings (SSSR count). The summed E-state index contributed by atoms with van der Waals surface area (Å²) < 4.78 is 1.92. The molecular formula is C23H19N7O5S3. The first kappa shape index (κ1) is 25.6. The van der Waals surface area contributed by atoms with Crippen LogP contribution in [0.5, 0.6) is 0 Å². The molecule has 2 amide bonds. The quantitative estimate of drug-likeness (QED) is 0.0898. The SMILES string of the molecule is Nc1nc(C#CCON=CC(=O)N[C@@H]2C(=O)N3C(C(=O)O)=C(CSc4cccc5nccn45)CS[C@@H]23)cs1. The van der Waals surface area contributed by atoms with Crippen molar-refractivity contribution in [2.75, 3.05) is 23.8 Å². The Morgan fingerprint density at radius 1 is 1.42 bits per heavy atom. The largest absolute Gasteiger partial charge is 0.477 e. The van der Waals surface area contributed by atoms with Gasteiger partial charge in [-0.3, -0.25) is 18.9 Å². The first-order valence-electron chi connectivity index (χ1n) is 11.0. The average molecular weight is 570 g/mol. The van der Waals surface area contributed by atoms with Crippen LogP contribution < -0.4 is 11.1 Å².